The zero-order valence-electron chi connectivity index (χ0n) is 9.88. The van der Waals surface area contributed by atoms with Gasteiger partial charge < -0.3 is 10.1 Å². The van der Waals surface area contributed by atoms with Gasteiger partial charge in [0.1, 0.15) is 0 Å². The van der Waals surface area contributed by atoms with E-state index in [9.17, 15) is 0 Å². The first-order valence-corrected chi connectivity index (χ1v) is 6.05. The average Bonchev–Trinajstić information content (AvgIpc) is 2.64. The van der Waals surface area contributed by atoms with Crippen molar-refractivity contribution in [1.29, 1.82) is 0 Å². The molecule has 2 heteroatoms. The Morgan fingerprint density at radius 2 is 1.86 bits per heavy atom. The molecule has 14 heavy (non-hydrogen) atoms. The van der Waals surface area contributed by atoms with Gasteiger partial charge in [-0.1, -0.05) is 26.7 Å². The molecule has 0 bridgehead atoms. The van der Waals surface area contributed by atoms with Gasteiger partial charge in [0.05, 0.1) is 12.7 Å². The van der Waals surface area contributed by atoms with E-state index in [1.165, 1.54) is 25.7 Å². The lowest BCUT2D eigenvalue weighted by Gasteiger charge is -2.18. The van der Waals surface area contributed by atoms with Crippen molar-refractivity contribution in [1.82, 2.24) is 5.32 Å². The summed E-state index contributed by atoms with van der Waals surface area (Å²) in [6.45, 7) is 8.43. The second-order valence-corrected chi connectivity index (χ2v) is 4.76. The molecule has 1 aliphatic rings. The zero-order valence-corrected chi connectivity index (χ0v) is 9.88. The van der Waals surface area contributed by atoms with Crippen LogP contribution in [-0.4, -0.2) is 25.3 Å². The molecule has 2 nitrogen and oxygen atoms in total. The van der Waals surface area contributed by atoms with Crippen molar-refractivity contribution in [3.63, 3.8) is 0 Å². The van der Waals surface area contributed by atoms with Gasteiger partial charge in [0.15, 0.2) is 0 Å². The minimum atomic E-state index is 0.389. The molecular weight excluding hydrogens is 174 g/mol. The Balaban J connectivity index is 1.93. The highest BCUT2D eigenvalue weighted by atomic mass is 16.5. The van der Waals surface area contributed by atoms with Crippen molar-refractivity contribution in [2.45, 2.75) is 58.6 Å². The van der Waals surface area contributed by atoms with E-state index in [0.29, 0.717) is 12.0 Å². The zero-order chi connectivity index (χ0) is 10.4. The van der Waals surface area contributed by atoms with Gasteiger partial charge in [0.2, 0.25) is 0 Å². The topological polar surface area (TPSA) is 21.3 Å². The number of rotatable bonds is 6. The Morgan fingerprint density at radius 1 is 1.21 bits per heavy atom. The second-order valence-electron chi connectivity index (χ2n) is 4.76. The molecule has 0 spiro atoms. The van der Waals surface area contributed by atoms with Crippen LogP contribution in [0.4, 0.5) is 0 Å². The fraction of sp³-hybridized carbons (Fsp3) is 1.00. The summed E-state index contributed by atoms with van der Waals surface area (Å²) in [5.41, 5.74) is 0. The fourth-order valence-corrected chi connectivity index (χ4v) is 1.83. The molecule has 0 aromatic carbocycles. The minimum absolute atomic E-state index is 0.389. The van der Waals surface area contributed by atoms with Crippen LogP contribution in [0.1, 0.15) is 46.5 Å². The summed E-state index contributed by atoms with van der Waals surface area (Å²) in [5.74, 6) is 0.626. The van der Waals surface area contributed by atoms with Gasteiger partial charge in [0, 0.05) is 12.6 Å². The van der Waals surface area contributed by atoms with Crippen LogP contribution in [0.2, 0.25) is 0 Å². The van der Waals surface area contributed by atoms with Crippen LogP contribution in [0.25, 0.3) is 0 Å². The summed E-state index contributed by atoms with van der Waals surface area (Å²) in [5, 5.41) is 3.55. The van der Waals surface area contributed by atoms with Gasteiger partial charge in [-0.05, 0) is 25.7 Å². The molecule has 1 rings (SSSR count). The van der Waals surface area contributed by atoms with Gasteiger partial charge in [-0.25, -0.2) is 0 Å². The Kier molecular flexibility index (Phi) is 5.49. The fourth-order valence-electron chi connectivity index (χ4n) is 1.83. The van der Waals surface area contributed by atoms with Crippen molar-refractivity contribution in [2.24, 2.45) is 5.92 Å². The lowest BCUT2D eigenvalue weighted by atomic mass is 10.1. The molecular formula is C12H25NO. The summed E-state index contributed by atoms with van der Waals surface area (Å²) in [6, 6.07) is 0.771. The first kappa shape index (κ1) is 12.0. The van der Waals surface area contributed by atoms with Crippen LogP contribution < -0.4 is 5.32 Å². The molecule has 84 valence electrons. The predicted molar refractivity (Wildman–Crippen MR) is 60.5 cm³/mol. The third-order valence-corrected chi connectivity index (χ3v) is 3.21. The van der Waals surface area contributed by atoms with Crippen molar-refractivity contribution in [2.75, 3.05) is 13.2 Å². The van der Waals surface area contributed by atoms with Crippen LogP contribution in [0.15, 0.2) is 0 Å². The first-order valence-electron chi connectivity index (χ1n) is 6.05. The monoisotopic (exact) mass is 199 g/mol. The maximum atomic E-state index is 5.70. The maximum absolute atomic E-state index is 5.70. The van der Waals surface area contributed by atoms with Crippen molar-refractivity contribution < 1.29 is 4.74 Å². The quantitative estimate of drug-likeness (QED) is 0.664. The van der Waals surface area contributed by atoms with E-state index in [-0.39, 0.29) is 0 Å². The highest BCUT2D eigenvalue weighted by Crippen LogP contribution is 2.17. The molecule has 0 saturated heterocycles. The Bertz CT molecular complexity index is 137. The van der Waals surface area contributed by atoms with Crippen molar-refractivity contribution in [3.8, 4) is 0 Å². The molecule has 1 fully saturated rings. The van der Waals surface area contributed by atoms with Crippen LogP contribution in [-0.2, 0) is 4.74 Å². The highest BCUT2D eigenvalue weighted by Gasteiger charge is 2.13. The summed E-state index contributed by atoms with van der Waals surface area (Å²) < 4.78 is 5.70. The molecule has 1 aliphatic carbocycles. The van der Waals surface area contributed by atoms with Gasteiger partial charge in [-0.3, -0.25) is 0 Å². The van der Waals surface area contributed by atoms with Crippen molar-refractivity contribution in [3.05, 3.63) is 0 Å². The summed E-state index contributed by atoms with van der Waals surface area (Å²) >= 11 is 0. The van der Waals surface area contributed by atoms with Gasteiger partial charge in [-0.15, -0.1) is 0 Å². The third-order valence-electron chi connectivity index (χ3n) is 3.21. The largest absolute Gasteiger partial charge is 0.377 e. The predicted octanol–water partition coefficient (Wildman–Crippen LogP) is 2.58. The molecule has 0 aromatic rings. The number of nitrogens with one attached hydrogen (secondary N) is 1. The molecule has 0 aliphatic heterocycles. The number of hydrogen-bond donors (Lipinski definition) is 1. The minimum Gasteiger partial charge on any atom is -0.377 e. The van der Waals surface area contributed by atoms with E-state index in [2.05, 4.69) is 26.1 Å². The number of hydrogen-bond acceptors (Lipinski definition) is 2. The summed E-state index contributed by atoms with van der Waals surface area (Å²) in [7, 11) is 0. The average molecular weight is 199 g/mol. The van der Waals surface area contributed by atoms with E-state index in [1.54, 1.807) is 0 Å². The second kappa shape index (κ2) is 6.41. The van der Waals surface area contributed by atoms with E-state index in [1.807, 2.05) is 0 Å². The van der Waals surface area contributed by atoms with Gasteiger partial charge >= 0.3 is 0 Å². The molecule has 0 amide bonds. The lowest BCUT2D eigenvalue weighted by Crippen LogP contribution is -2.31. The number of ether oxygens (including phenoxy) is 1. The Labute approximate surface area is 88.4 Å². The van der Waals surface area contributed by atoms with Gasteiger partial charge in [-0.2, -0.15) is 0 Å². The summed E-state index contributed by atoms with van der Waals surface area (Å²) in [4.78, 5) is 0. The Morgan fingerprint density at radius 3 is 2.43 bits per heavy atom. The summed E-state index contributed by atoms with van der Waals surface area (Å²) in [6.07, 6.45) is 5.92. The van der Waals surface area contributed by atoms with Crippen LogP contribution in [0.5, 0.6) is 0 Å². The van der Waals surface area contributed by atoms with E-state index >= 15 is 0 Å². The molecule has 0 heterocycles. The molecule has 0 aromatic heterocycles. The molecule has 1 N–H and O–H groups in total. The normalized spacial score (nSPS) is 20.6. The van der Waals surface area contributed by atoms with Crippen molar-refractivity contribution >= 4 is 0 Å². The molecule has 1 saturated carbocycles. The smallest absolute Gasteiger partial charge is 0.0594 e. The maximum Gasteiger partial charge on any atom is 0.0594 e. The first-order chi connectivity index (χ1) is 6.70. The molecule has 0 radical (unpaired) electrons. The molecule has 0 unspecified atom stereocenters. The highest BCUT2D eigenvalue weighted by molar-refractivity contribution is 4.73. The van der Waals surface area contributed by atoms with Gasteiger partial charge in [0.25, 0.3) is 0 Å². The standard InChI is InChI=1S/C12H25NO/c1-10(2)11(3)14-9-8-13-12-6-4-5-7-12/h10-13H,4-9H2,1-3H3/t11-/m0/s1. The van der Waals surface area contributed by atoms with E-state index in [4.69, 9.17) is 4.74 Å². The Hall–Kier alpha value is -0.0800. The lowest BCUT2D eigenvalue weighted by molar-refractivity contribution is 0.0364. The van der Waals surface area contributed by atoms with E-state index in [0.717, 1.165) is 19.2 Å². The van der Waals surface area contributed by atoms with Crippen LogP contribution in [0.3, 0.4) is 0 Å². The van der Waals surface area contributed by atoms with E-state index < -0.39 is 0 Å². The third kappa shape index (κ3) is 4.43. The molecule has 1 atom stereocenters. The SMILES string of the molecule is CC(C)[C@H](C)OCCNC1CCCC1. The van der Waals surface area contributed by atoms with Crippen LogP contribution >= 0.6 is 0 Å². The van der Waals surface area contributed by atoms with Crippen LogP contribution in [0, 0.1) is 5.92 Å².